The van der Waals surface area contributed by atoms with Gasteiger partial charge in [-0.05, 0) is 43.2 Å². The summed E-state index contributed by atoms with van der Waals surface area (Å²) >= 11 is 5.89. The molecule has 3 rings (SSSR count). The topological polar surface area (TPSA) is 80.6 Å². The normalized spacial score (nSPS) is 10.7. The van der Waals surface area contributed by atoms with Gasteiger partial charge < -0.3 is 9.15 Å². The standard InChI is InChI=1S/C20H19ClN2O4/c1-11-4-6-15-13(10-27-19(15)12(11)2)8-18(24)22-23-20(25)16-7-5-14(21)9-17(16)26-3/h4-7,9-10H,8H2,1-3H3,(H,22,24)(H,23,25). The molecule has 140 valence electrons. The summed E-state index contributed by atoms with van der Waals surface area (Å²) in [5.74, 6) is -0.543. The lowest BCUT2D eigenvalue weighted by Crippen LogP contribution is -2.42. The Balaban J connectivity index is 1.67. The summed E-state index contributed by atoms with van der Waals surface area (Å²) in [4.78, 5) is 24.5. The van der Waals surface area contributed by atoms with Gasteiger partial charge in [-0.2, -0.15) is 0 Å². The van der Waals surface area contributed by atoms with E-state index in [1.54, 1.807) is 12.3 Å². The first-order valence-corrected chi connectivity index (χ1v) is 8.67. The molecule has 0 aliphatic rings. The first kappa shape index (κ1) is 18.8. The van der Waals surface area contributed by atoms with Crippen molar-refractivity contribution in [1.29, 1.82) is 0 Å². The number of methoxy groups -OCH3 is 1. The van der Waals surface area contributed by atoms with E-state index in [2.05, 4.69) is 10.9 Å². The number of aryl methyl sites for hydroxylation is 2. The highest BCUT2D eigenvalue weighted by Gasteiger charge is 2.16. The molecular formula is C20H19ClN2O4. The van der Waals surface area contributed by atoms with Gasteiger partial charge in [0.1, 0.15) is 11.3 Å². The van der Waals surface area contributed by atoms with E-state index >= 15 is 0 Å². The quantitative estimate of drug-likeness (QED) is 0.670. The molecule has 7 heteroatoms. The van der Waals surface area contributed by atoms with Crippen LogP contribution in [-0.4, -0.2) is 18.9 Å². The van der Waals surface area contributed by atoms with Crippen molar-refractivity contribution >= 4 is 34.4 Å². The van der Waals surface area contributed by atoms with Crippen LogP contribution in [0.1, 0.15) is 27.0 Å². The van der Waals surface area contributed by atoms with Crippen LogP contribution >= 0.6 is 11.6 Å². The fourth-order valence-electron chi connectivity index (χ4n) is 2.79. The summed E-state index contributed by atoms with van der Waals surface area (Å²) in [5, 5.41) is 1.34. The van der Waals surface area contributed by atoms with Gasteiger partial charge in [0.15, 0.2) is 0 Å². The van der Waals surface area contributed by atoms with E-state index in [0.29, 0.717) is 10.8 Å². The number of rotatable bonds is 4. The number of benzene rings is 2. The van der Waals surface area contributed by atoms with Crippen LogP contribution in [0.2, 0.25) is 5.02 Å². The second-order valence-corrected chi connectivity index (χ2v) is 6.61. The average molecular weight is 387 g/mol. The Kier molecular flexibility index (Phi) is 5.37. The number of carbonyl (C=O) groups is 2. The van der Waals surface area contributed by atoms with Gasteiger partial charge in [-0.1, -0.05) is 23.7 Å². The van der Waals surface area contributed by atoms with Gasteiger partial charge in [0.2, 0.25) is 5.91 Å². The molecule has 2 aromatic carbocycles. The summed E-state index contributed by atoms with van der Waals surface area (Å²) in [6, 6.07) is 8.55. The number of hydrogen-bond donors (Lipinski definition) is 2. The van der Waals surface area contributed by atoms with Crippen LogP contribution in [0.25, 0.3) is 11.0 Å². The minimum Gasteiger partial charge on any atom is -0.496 e. The molecule has 0 atom stereocenters. The molecule has 3 aromatic rings. The van der Waals surface area contributed by atoms with Crippen LogP contribution in [0.3, 0.4) is 0 Å². The highest BCUT2D eigenvalue weighted by molar-refractivity contribution is 6.30. The van der Waals surface area contributed by atoms with Gasteiger partial charge in [-0.25, -0.2) is 0 Å². The maximum absolute atomic E-state index is 12.3. The highest BCUT2D eigenvalue weighted by Crippen LogP contribution is 2.27. The molecule has 2 N–H and O–H groups in total. The molecule has 0 saturated heterocycles. The lowest BCUT2D eigenvalue weighted by atomic mass is 10.0. The zero-order chi connectivity index (χ0) is 19.6. The zero-order valence-electron chi connectivity index (χ0n) is 15.2. The second kappa shape index (κ2) is 7.72. The van der Waals surface area contributed by atoms with Gasteiger partial charge in [0.25, 0.3) is 5.91 Å². The van der Waals surface area contributed by atoms with Gasteiger partial charge in [-0.3, -0.25) is 20.4 Å². The number of amides is 2. The number of carbonyl (C=O) groups excluding carboxylic acids is 2. The number of hydrogen-bond acceptors (Lipinski definition) is 4. The Morgan fingerprint density at radius 2 is 1.93 bits per heavy atom. The van der Waals surface area contributed by atoms with E-state index in [9.17, 15) is 9.59 Å². The molecule has 1 aromatic heterocycles. The predicted molar refractivity (Wildman–Crippen MR) is 103 cm³/mol. The first-order valence-electron chi connectivity index (χ1n) is 8.29. The van der Waals surface area contributed by atoms with Crippen LogP contribution < -0.4 is 15.6 Å². The average Bonchev–Trinajstić information content (AvgIpc) is 3.06. The molecular weight excluding hydrogens is 368 g/mol. The van der Waals surface area contributed by atoms with Crippen LogP contribution in [0, 0.1) is 13.8 Å². The summed E-state index contributed by atoms with van der Waals surface area (Å²) in [6.07, 6.45) is 1.65. The molecule has 0 aliphatic heterocycles. The molecule has 0 unspecified atom stereocenters. The Hall–Kier alpha value is -2.99. The van der Waals surface area contributed by atoms with Gasteiger partial charge in [-0.15, -0.1) is 0 Å². The first-order chi connectivity index (χ1) is 12.9. The molecule has 0 fully saturated rings. The van der Waals surface area contributed by atoms with Gasteiger partial charge in [0.05, 0.1) is 25.4 Å². The van der Waals surface area contributed by atoms with Crippen LogP contribution in [0.15, 0.2) is 41.0 Å². The summed E-state index contributed by atoms with van der Waals surface area (Å²) in [6.45, 7) is 3.98. The third-order valence-corrected chi connectivity index (χ3v) is 4.65. The third-order valence-electron chi connectivity index (χ3n) is 4.42. The van der Waals surface area contributed by atoms with E-state index in [4.69, 9.17) is 20.8 Å². The molecule has 2 amide bonds. The summed E-state index contributed by atoms with van der Waals surface area (Å²) < 4.78 is 10.7. The van der Waals surface area contributed by atoms with Crippen LogP contribution in [-0.2, 0) is 11.2 Å². The van der Waals surface area contributed by atoms with E-state index in [1.807, 2.05) is 26.0 Å². The van der Waals surface area contributed by atoms with Crippen molar-refractivity contribution in [3.8, 4) is 5.75 Å². The van der Waals surface area contributed by atoms with Crippen molar-refractivity contribution in [3.63, 3.8) is 0 Å². The van der Waals surface area contributed by atoms with Crippen molar-refractivity contribution in [2.75, 3.05) is 7.11 Å². The molecule has 0 aliphatic carbocycles. The number of ether oxygens (including phenoxy) is 1. The Morgan fingerprint density at radius 1 is 1.15 bits per heavy atom. The lowest BCUT2D eigenvalue weighted by molar-refractivity contribution is -0.121. The van der Waals surface area contributed by atoms with E-state index < -0.39 is 5.91 Å². The zero-order valence-corrected chi connectivity index (χ0v) is 15.9. The van der Waals surface area contributed by atoms with Gasteiger partial charge >= 0.3 is 0 Å². The molecule has 27 heavy (non-hydrogen) atoms. The van der Waals surface area contributed by atoms with Gasteiger partial charge in [0, 0.05) is 16.0 Å². The third kappa shape index (κ3) is 3.90. The largest absolute Gasteiger partial charge is 0.496 e. The highest BCUT2D eigenvalue weighted by atomic mass is 35.5. The second-order valence-electron chi connectivity index (χ2n) is 6.17. The minimum absolute atomic E-state index is 0.0769. The Bertz CT molecular complexity index is 1030. The van der Waals surface area contributed by atoms with Crippen LogP contribution in [0.5, 0.6) is 5.75 Å². The van der Waals surface area contributed by atoms with Crippen molar-refractivity contribution in [2.24, 2.45) is 0 Å². The monoisotopic (exact) mass is 386 g/mol. The van der Waals surface area contributed by atoms with E-state index in [-0.39, 0.29) is 17.9 Å². The fourth-order valence-corrected chi connectivity index (χ4v) is 2.95. The maximum Gasteiger partial charge on any atom is 0.273 e. The lowest BCUT2D eigenvalue weighted by Gasteiger charge is -2.10. The van der Waals surface area contributed by atoms with Crippen LogP contribution in [0.4, 0.5) is 0 Å². The molecule has 0 radical (unpaired) electrons. The van der Waals surface area contributed by atoms with Crippen molar-refractivity contribution in [1.82, 2.24) is 10.9 Å². The Labute approximate surface area is 161 Å². The van der Waals surface area contributed by atoms with E-state index in [1.165, 1.54) is 19.2 Å². The number of hydrazine groups is 1. The predicted octanol–water partition coefficient (Wildman–Crippen LogP) is 3.72. The number of fused-ring (bicyclic) bond motifs is 1. The molecule has 0 spiro atoms. The SMILES string of the molecule is COc1cc(Cl)ccc1C(=O)NNC(=O)Cc1coc2c(C)c(C)ccc12. The van der Waals surface area contributed by atoms with Crippen molar-refractivity contribution < 1.29 is 18.7 Å². The van der Waals surface area contributed by atoms with Crippen molar-refractivity contribution in [2.45, 2.75) is 20.3 Å². The maximum atomic E-state index is 12.3. The molecule has 1 heterocycles. The molecule has 0 saturated carbocycles. The molecule has 6 nitrogen and oxygen atoms in total. The Morgan fingerprint density at radius 3 is 2.67 bits per heavy atom. The molecule has 0 bridgehead atoms. The van der Waals surface area contributed by atoms with Crippen molar-refractivity contribution in [3.05, 3.63) is 63.9 Å². The summed E-state index contributed by atoms with van der Waals surface area (Å²) in [7, 11) is 1.44. The number of halogens is 1. The number of furan rings is 1. The summed E-state index contributed by atoms with van der Waals surface area (Å²) in [5.41, 5.74) is 8.75. The minimum atomic E-state index is -0.500. The fraction of sp³-hybridized carbons (Fsp3) is 0.200. The van der Waals surface area contributed by atoms with E-state index in [0.717, 1.165) is 27.7 Å². The number of nitrogens with one attached hydrogen (secondary N) is 2. The smallest absolute Gasteiger partial charge is 0.273 e.